The van der Waals surface area contributed by atoms with Gasteiger partial charge in [-0.05, 0) is 42.8 Å². The molecule has 4 nitrogen and oxygen atoms in total. The zero-order valence-electron chi connectivity index (χ0n) is 14.2. The number of amides is 1. The molecule has 1 N–H and O–H groups in total. The van der Waals surface area contributed by atoms with E-state index in [9.17, 15) is 9.18 Å². The largest absolute Gasteiger partial charge is 0.325 e. The molecule has 3 aromatic rings. The number of rotatable bonds is 4. The van der Waals surface area contributed by atoms with Gasteiger partial charge in [0.15, 0.2) is 0 Å². The molecule has 0 unspecified atom stereocenters. The van der Waals surface area contributed by atoms with E-state index in [2.05, 4.69) is 10.4 Å². The summed E-state index contributed by atoms with van der Waals surface area (Å²) in [5.74, 6) is -0.624. The van der Waals surface area contributed by atoms with Crippen molar-refractivity contribution < 1.29 is 9.18 Å². The van der Waals surface area contributed by atoms with Crippen molar-refractivity contribution in [2.24, 2.45) is 7.05 Å². The second kappa shape index (κ2) is 7.48. The van der Waals surface area contributed by atoms with Crippen LogP contribution in [0.4, 0.5) is 10.1 Å². The first kappa shape index (κ1) is 18.4. The lowest BCUT2D eigenvalue weighted by molar-refractivity contribution is -0.115. The molecule has 0 fully saturated rings. The third-order valence-electron chi connectivity index (χ3n) is 3.95. The standard InChI is InChI=1S/C19H16Cl2FN3O/c1-11-13(10-25(2)24-11)8-19(26)23-18-6-4-14(22)9-15(18)12-3-5-16(20)17(21)7-12/h3-7,9-10H,8H2,1-2H3,(H,23,26). The summed E-state index contributed by atoms with van der Waals surface area (Å²) in [6, 6.07) is 9.18. The Morgan fingerprint density at radius 2 is 1.96 bits per heavy atom. The first-order valence-corrected chi connectivity index (χ1v) is 8.63. The Morgan fingerprint density at radius 3 is 2.62 bits per heavy atom. The summed E-state index contributed by atoms with van der Waals surface area (Å²) >= 11 is 12.0. The number of carbonyl (C=O) groups excluding carboxylic acids is 1. The minimum absolute atomic E-state index is 0.178. The van der Waals surface area contributed by atoms with Gasteiger partial charge < -0.3 is 5.32 Å². The second-order valence-corrected chi connectivity index (χ2v) is 6.77. The fourth-order valence-electron chi connectivity index (χ4n) is 2.72. The van der Waals surface area contributed by atoms with E-state index >= 15 is 0 Å². The summed E-state index contributed by atoms with van der Waals surface area (Å²) in [5, 5.41) is 7.83. The number of aryl methyl sites for hydroxylation is 2. The summed E-state index contributed by atoms with van der Waals surface area (Å²) in [6.07, 6.45) is 1.98. The van der Waals surface area contributed by atoms with E-state index in [1.807, 2.05) is 6.92 Å². The highest BCUT2D eigenvalue weighted by atomic mass is 35.5. The summed E-state index contributed by atoms with van der Waals surface area (Å²) < 4.78 is 15.4. The number of aromatic nitrogens is 2. The van der Waals surface area contributed by atoms with Crippen LogP contribution in [0.25, 0.3) is 11.1 Å². The number of nitrogens with zero attached hydrogens (tertiary/aromatic N) is 2. The van der Waals surface area contributed by atoms with Crippen molar-refractivity contribution in [3.05, 3.63) is 69.7 Å². The zero-order chi connectivity index (χ0) is 18.8. The van der Waals surface area contributed by atoms with Crippen molar-refractivity contribution in [1.29, 1.82) is 0 Å². The number of anilines is 1. The highest BCUT2D eigenvalue weighted by molar-refractivity contribution is 6.42. The topological polar surface area (TPSA) is 46.9 Å². The minimum atomic E-state index is -0.410. The quantitative estimate of drug-likeness (QED) is 0.678. The maximum absolute atomic E-state index is 13.8. The Bertz CT molecular complexity index is 985. The van der Waals surface area contributed by atoms with E-state index in [-0.39, 0.29) is 12.3 Å². The molecule has 0 aliphatic rings. The average Bonchev–Trinajstić information content (AvgIpc) is 2.89. The van der Waals surface area contributed by atoms with Crippen LogP contribution in [0.15, 0.2) is 42.6 Å². The molecular weight excluding hydrogens is 376 g/mol. The molecule has 26 heavy (non-hydrogen) atoms. The van der Waals surface area contributed by atoms with E-state index < -0.39 is 5.82 Å². The molecule has 0 saturated heterocycles. The molecule has 0 aliphatic heterocycles. The third kappa shape index (κ3) is 4.06. The molecule has 0 radical (unpaired) electrons. The molecule has 1 amide bonds. The van der Waals surface area contributed by atoms with Gasteiger partial charge in [0.2, 0.25) is 5.91 Å². The van der Waals surface area contributed by atoms with Crippen LogP contribution in [0.3, 0.4) is 0 Å². The van der Waals surface area contributed by atoms with E-state index in [1.54, 1.807) is 36.1 Å². The van der Waals surface area contributed by atoms with Crippen molar-refractivity contribution in [1.82, 2.24) is 9.78 Å². The van der Waals surface area contributed by atoms with Crippen molar-refractivity contribution in [3.63, 3.8) is 0 Å². The van der Waals surface area contributed by atoms with E-state index in [1.165, 1.54) is 18.2 Å². The maximum Gasteiger partial charge on any atom is 0.228 e. The van der Waals surface area contributed by atoms with Gasteiger partial charge in [0.1, 0.15) is 5.82 Å². The molecule has 0 spiro atoms. The van der Waals surface area contributed by atoms with Gasteiger partial charge in [-0.3, -0.25) is 9.48 Å². The lowest BCUT2D eigenvalue weighted by Crippen LogP contribution is -2.15. The molecule has 7 heteroatoms. The molecule has 0 saturated carbocycles. The van der Waals surface area contributed by atoms with Crippen LogP contribution in [-0.4, -0.2) is 15.7 Å². The number of hydrogen-bond donors (Lipinski definition) is 1. The van der Waals surface area contributed by atoms with E-state index in [4.69, 9.17) is 23.2 Å². The van der Waals surface area contributed by atoms with Crippen molar-refractivity contribution >= 4 is 34.8 Å². The van der Waals surface area contributed by atoms with Crippen molar-refractivity contribution in [2.45, 2.75) is 13.3 Å². The van der Waals surface area contributed by atoms with E-state index in [0.717, 1.165) is 11.3 Å². The Labute approximate surface area is 160 Å². The van der Waals surface area contributed by atoms with Gasteiger partial charge in [-0.15, -0.1) is 0 Å². The van der Waals surface area contributed by atoms with Gasteiger partial charge in [-0.25, -0.2) is 4.39 Å². The molecule has 0 bridgehead atoms. The fraction of sp³-hybridized carbons (Fsp3) is 0.158. The Balaban J connectivity index is 1.89. The number of halogens is 3. The van der Waals surface area contributed by atoms with E-state index in [0.29, 0.717) is 26.9 Å². The van der Waals surface area contributed by atoms with Gasteiger partial charge >= 0.3 is 0 Å². The SMILES string of the molecule is Cc1nn(C)cc1CC(=O)Nc1ccc(F)cc1-c1ccc(Cl)c(Cl)c1. The highest BCUT2D eigenvalue weighted by Gasteiger charge is 2.14. The first-order valence-electron chi connectivity index (χ1n) is 7.87. The van der Waals surface area contributed by atoms with Crippen LogP contribution >= 0.6 is 23.2 Å². The van der Waals surface area contributed by atoms with Gasteiger partial charge in [-0.2, -0.15) is 5.10 Å². The monoisotopic (exact) mass is 391 g/mol. The minimum Gasteiger partial charge on any atom is -0.325 e. The Morgan fingerprint density at radius 1 is 1.19 bits per heavy atom. The molecule has 134 valence electrons. The van der Waals surface area contributed by atoms with Gasteiger partial charge in [0.25, 0.3) is 0 Å². The number of benzene rings is 2. The number of hydrogen-bond acceptors (Lipinski definition) is 2. The van der Waals surface area contributed by atoms with Crippen LogP contribution in [0.1, 0.15) is 11.3 Å². The van der Waals surface area contributed by atoms with Crippen LogP contribution in [0.2, 0.25) is 10.0 Å². The predicted octanol–water partition coefficient (Wildman–Crippen LogP) is 5.02. The third-order valence-corrected chi connectivity index (χ3v) is 4.69. The summed E-state index contributed by atoms with van der Waals surface area (Å²) in [5.41, 5.74) is 3.32. The van der Waals surface area contributed by atoms with Gasteiger partial charge in [0.05, 0.1) is 22.2 Å². The van der Waals surface area contributed by atoms with Crippen molar-refractivity contribution in [2.75, 3.05) is 5.32 Å². The normalized spacial score (nSPS) is 10.8. The Kier molecular flexibility index (Phi) is 5.30. The van der Waals surface area contributed by atoms with Gasteiger partial charge in [0, 0.05) is 30.1 Å². The highest BCUT2D eigenvalue weighted by Crippen LogP contribution is 2.33. The number of carbonyl (C=O) groups is 1. The predicted molar refractivity (Wildman–Crippen MR) is 102 cm³/mol. The van der Waals surface area contributed by atoms with Crippen molar-refractivity contribution in [3.8, 4) is 11.1 Å². The zero-order valence-corrected chi connectivity index (χ0v) is 15.7. The molecule has 2 aromatic carbocycles. The fourth-order valence-corrected chi connectivity index (χ4v) is 3.02. The molecule has 1 heterocycles. The van der Waals surface area contributed by atoms with Crippen LogP contribution < -0.4 is 5.32 Å². The van der Waals surface area contributed by atoms with Gasteiger partial charge in [-0.1, -0.05) is 29.3 Å². The van der Waals surface area contributed by atoms with Crippen LogP contribution in [0, 0.1) is 12.7 Å². The van der Waals surface area contributed by atoms with Crippen LogP contribution in [-0.2, 0) is 18.3 Å². The van der Waals surface area contributed by atoms with Crippen LogP contribution in [0.5, 0.6) is 0 Å². The number of nitrogens with one attached hydrogen (secondary N) is 1. The second-order valence-electron chi connectivity index (χ2n) is 5.96. The molecular formula is C19H16Cl2FN3O. The molecule has 1 aromatic heterocycles. The Hall–Kier alpha value is -2.37. The maximum atomic E-state index is 13.8. The smallest absolute Gasteiger partial charge is 0.228 e. The summed E-state index contributed by atoms with van der Waals surface area (Å²) in [4.78, 5) is 12.4. The summed E-state index contributed by atoms with van der Waals surface area (Å²) in [7, 11) is 1.80. The summed E-state index contributed by atoms with van der Waals surface area (Å²) in [6.45, 7) is 1.85. The first-order chi connectivity index (χ1) is 12.3. The molecule has 0 atom stereocenters. The molecule has 3 rings (SSSR count). The molecule has 0 aliphatic carbocycles. The lowest BCUT2D eigenvalue weighted by atomic mass is 10.0. The average molecular weight is 392 g/mol. The lowest BCUT2D eigenvalue weighted by Gasteiger charge is -2.12.